The number of carboxylic acid groups (broad SMARTS) is 1. The molecule has 0 saturated heterocycles. The van der Waals surface area contributed by atoms with E-state index >= 15 is 0 Å². The molecule has 0 aliphatic rings. The molecule has 0 aromatic carbocycles. The third-order valence-corrected chi connectivity index (χ3v) is 2.48. The largest absolute Gasteiger partial charge is 0.480 e. The number of nitrogens with zero attached hydrogens (tertiary/aromatic N) is 1. The number of carboxylic acids is 1. The highest BCUT2D eigenvalue weighted by Crippen LogP contribution is 2.07. The second-order valence-electron chi connectivity index (χ2n) is 3.86. The second kappa shape index (κ2) is 5.43. The molecule has 1 aromatic rings. The van der Waals surface area contributed by atoms with E-state index in [9.17, 15) is 9.59 Å². The minimum atomic E-state index is -1.03. The Balaban J connectivity index is 2.86. The molecule has 0 radical (unpaired) electrons. The SMILES string of the molecule is CC[C@H](NC(=O)c1ccc(C)nc1C)C(=O)O. The van der Waals surface area contributed by atoms with Gasteiger partial charge >= 0.3 is 5.97 Å². The first-order valence-corrected chi connectivity index (χ1v) is 5.43. The lowest BCUT2D eigenvalue weighted by molar-refractivity contribution is -0.139. The number of carbonyl (C=O) groups is 2. The summed E-state index contributed by atoms with van der Waals surface area (Å²) in [7, 11) is 0. The maximum atomic E-state index is 11.8. The van der Waals surface area contributed by atoms with Crippen LogP contribution in [0.5, 0.6) is 0 Å². The molecule has 0 fully saturated rings. The Labute approximate surface area is 99.9 Å². The second-order valence-corrected chi connectivity index (χ2v) is 3.86. The smallest absolute Gasteiger partial charge is 0.326 e. The molecule has 1 aromatic heterocycles. The van der Waals surface area contributed by atoms with Crippen molar-refractivity contribution in [3.63, 3.8) is 0 Å². The summed E-state index contributed by atoms with van der Waals surface area (Å²) in [6.45, 7) is 5.27. The lowest BCUT2D eigenvalue weighted by atomic mass is 10.1. The van der Waals surface area contributed by atoms with Crippen molar-refractivity contribution in [2.75, 3.05) is 0 Å². The number of carbonyl (C=O) groups excluding carboxylic acids is 1. The summed E-state index contributed by atoms with van der Waals surface area (Å²) in [5.41, 5.74) is 1.84. The van der Waals surface area contributed by atoms with Gasteiger partial charge in [-0.15, -0.1) is 0 Å². The van der Waals surface area contributed by atoms with Crippen LogP contribution in [-0.4, -0.2) is 28.0 Å². The number of aromatic nitrogens is 1. The van der Waals surface area contributed by atoms with Crippen molar-refractivity contribution in [2.24, 2.45) is 0 Å². The van der Waals surface area contributed by atoms with Crippen LogP contribution >= 0.6 is 0 Å². The van der Waals surface area contributed by atoms with Gasteiger partial charge in [-0.25, -0.2) is 4.79 Å². The van der Waals surface area contributed by atoms with Gasteiger partial charge in [0, 0.05) is 5.69 Å². The molecule has 1 rings (SSSR count). The van der Waals surface area contributed by atoms with Crippen molar-refractivity contribution >= 4 is 11.9 Å². The Kier molecular flexibility index (Phi) is 4.20. The van der Waals surface area contributed by atoms with E-state index in [2.05, 4.69) is 10.3 Å². The number of pyridine rings is 1. The number of aliphatic carboxylic acids is 1. The average molecular weight is 236 g/mol. The van der Waals surface area contributed by atoms with Crippen LogP contribution in [0.4, 0.5) is 0 Å². The van der Waals surface area contributed by atoms with Crippen LogP contribution in [0.25, 0.3) is 0 Å². The molecule has 0 saturated carbocycles. The van der Waals surface area contributed by atoms with Gasteiger partial charge in [0.05, 0.1) is 11.3 Å². The number of aryl methyl sites for hydroxylation is 2. The van der Waals surface area contributed by atoms with E-state index in [0.717, 1.165) is 5.69 Å². The normalized spacial score (nSPS) is 11.9. The summed E-state index contributed by atoms with van der Waals surface area (Å²) in [5, 5.41) is 11.3. The highest BCUT2D eigenvalue weighted by molar-refractivity contribution is 5.97. The predicted octanol–water partition coefficient (Wildman–Crippen LogP) is 1.29. The van der Waals surface area contributed by atoms with Crippen molar-refractivity contribution in [1.29, 1.82) is 0 Å². The molecule has 5 heteroatoms. The summed E-state index contributed by atoms with van der Waals surface area (Å²) in [4.78, 5) is 26.8. The minimum absolute atomic E-state index is 0.347. The maximum Gasteiger partial charge on any atom is 0.326 e. The van der Waals surface area contributed by atoms with E-state index in [4.69, 9.17) is 5.11 Å². The van der Waals surface area contributed by atoms with Gasteiger partial charge in [-0.05, 0) is 32.4 Å². The quantitative estimate of drug-likeness (QED) is 0.825. The fraction of sp³-hybridized carbons (Fsp3) is 0.417. The Morgan fingerprint density at radius 1 is 1.41 bits per heavy atom. The number of hydrogen-bond acceptors (Lipinski definition) is 3. The molecule has 0 aliphatic carbocycles. The Morgan fingerprint density at radius 3 is 2.53 bits per heavy atom. The monoisotopic (exact) mass is 236 g/mol. The van der Waals surface area contributed by atoms with Crippen LogP contribution in [-0.2, 0) is 4.79 Å². The Morgan fingerprint density at radius 2 is 2.06 bits per heavy atom. The average Bonchev–Trinajstić information content (AvgIpc) is 2.24. The van der Waals surface area contributed by atoms with Crippen LogP contribution < -0.4 is 5.32 Å². The molecular weight excluding hydrogens is 220 g/mol. The first kappa shape index (κ1) is 13.2. The molecule has 0 aliphatic heterocycles. The van der Waals surface area contributed by atoms with E-state index < -0.39 is 17.9 Å². The van der Waals surface area contributed by atoms with Crippen LogP contribution in [0.2, 0.25) is 0 Å². The summed E-state index contributed by atoms with van der Waals surface area (Å²) in [6.07, 6.45) is 0.347. The van der Waals surface area contributed by atoms with Crippen LogP contribution in [0.15, 0.2) is 12.1 Å². The molecule has 2 N–H and O–H groups in total. The first-order valence-electron chi connectivity index (χ1n) is 5.43. The van der Waals surface area contributed by atoms with E-state index in [-0.39, 0.29) is 0 Å². The van der Waals surface area contributed by atoms with Crippen molar-refractivity contribution < 1.29 is 14.7 Å². The fourth-order valence-electron chi connectivity index (χ4n) is 1.50. The molecule has 92 valence electrons. The highest BCUT2D eigenvalue weighted by Gasteiger charge is 2.19. The lowest BCUT2D eigenvalue weighted by Gasteiger charge is -2.13. The third-order valence-electron chi connectivity index (χ3n) is 2.48. The zero-order valence-electron chi connectivity index (χ0n) is 10.2. The van der Waals surface area contributed by atoms with Crippen molar-refractivity contribution in [3.8, 4) is 0 Å². The van der Waals surface area contributed by atoms with Crippen LogP contribution in [0.1, 0.15) is 35.1 Å². The molecule has 1 heterocycles. The maximum absolute atomic E-state index is 11.8. The minimum Gasteiger partial charge on any atom is -0.480 e. The van der Waals surface area contributed by atoms with E-state index in [1.54, 1.807) is 26.0 Å². The first-order chi connectivity index (χ1) is 7.95. The molecule has 0 bridgehead atoms. The molecule has 0 spiro atoms. The highest BCUT2D eigenvalue weighted by atomic mass is 16.4. The molecular formula is C12H16N2O3. The zero-order valence-corrected chi connectivity index (χ0v) is 10.2. The van der Waals surface area contributed by atoms with Gasteiger partial charge in [-0.3, -0.25) is 9.78 Å². The topological polar surface area (TPSA) is 79.3 Å². The van der Waals surface area contributed by atoms with Gasteiger partial charge in [0.15, 0.2) is 0 Å². The van der Waals surface area contributed by atoms with Gasteiger partial charge in [-0.1, -0.05) is 6.92 Å². The van der Waals surface area contributed by atoms with Gasteiger partial charge in [-0.2, -0.15) is 0 Å². The number of rotatable bonds is 4. The lowest BCUT2D eigenvalue weighted by Crippen LogP contribution is -2.40. The molecule has 5 nitrogen and oxygen atoms in total. The summed E-state index contributed by atoms with van der Waals surface area (Å²) in [5.74, 6) is -1.43. The number of nitrogens with one attached hydrogen (secondary N) is 1. The third kappa shape index (κ3) is 3.27. The van der Waals surface area contributed by atoms with Crippen molar-refractivity contribution in [2.45, 2.75) is 33.2 Å². The van der Waals surface area contributed by atoms with Gasteiger partial charge in [0.2, 0.25) is 0 Å². The predicted molar refractivity (Wildman–Crippen MR) is 62.9 cm³/mol. The zero-order chi connectivity index (χ0) is 13.0. The van der Waals surface area contributed by atoms with Crippen LogP contribution in [0, 0.1) is 13.8 Å². The molecule has 1 atom stereocenters. The van der Waals surface area contributed by atoms with Crippen molar-refractivity contribution in [1.82, 2.24) is 10.3 Å². The Bertz CT molecular complexity index is 443. The van der Waals surface area contributed by atoms with E-state index in [1.165, 1.54) is 0 Å². The van der Waals surface area contributed by atoms with E-state index in [0.29, 0.717) is 17.7 Å². The summed E-state index contributed by atoms with van der Waals surface area (Å²) in [6, 6.07) is 2.52. The summed E-state index contributed by atoms with van der Waals surface area (Å²) >= 11 is 0. The molecule has 17 heavy (non-hydrogen) atoms. The Hall–Kier alpha value is -1.91. The van der Waals surface area contributed by atoms with Gasteiger partial charge < -0.3 is 10.4 Å². The number of hydrogen-bond donors (Lipinski definition) is 2. The van der Waals surface area contributed by atoms with Gasteiger partial charge in [0.1, 0.15) is 6.04 Å². The number of amides is 1. The molecule has 1 amide bonds. The standard InChI is InChI=1S/C12H16N2O3/c1-4-10(12(16)17)14-11(15)9-6-5-7(2)13-8(9)3/h5-6,10H,4H2,1-3H3,(H,14,15)(H,16,17)/t10-/m0/s1. The van der Waals surface area contributed by atoms with Crippen LogP contribution in [0.3, 0.4) is 0 Å². The van der Waals surface area contributed by atoms with Crippen molar-refractivity contribution in [3.05, 3.63) is 29.1 Å². The summed E-state index contributed by atoms with van der Waals surface area (Å²) < 4.78 is 0. The fourth-order valence-corrected chi connectivity index (χ4v) is 1.50. The van der Waals surface area contributed by atoms with E-state index in [1.807, 2.05) is 6.92 Å². The van der Waals surface area contributed by atoms with Gasteiger partial charge in [0.25, 0.3) is 5.91 Å². The molecule has 0 unspecified atom stereocenters.